The van der Waals surface area contributed by atoms with E-state index in [4.69, 9.17) is 9.47 Å². The number of nitrogens with one attached hydrogen (secondary N) is 2. The van der Waals surface area contributed by atoms with Gasteiger partial charge in [0.15, 0.2) is 0 Å². The van der Waals surface area contributed by atoms with Crippen LogP contribution >= 0.6 is 0 Å². The first-order chi connectivity index (χ1) is 16.5. The van der Waals surface area contributed by atoms with Gasteiger partial charge in [-0.25, -0.2) is 14.0 Å². The van der Waals surface area contributed by atoms with Crippen molar-refractivity contribution in [2.45, 2.75) is 58.1 Å². The second-order valence-electron chi connectivity index (χ2n) is 10.1. The molecule has 2 N–H and O–H groups in total. The number of nitriles is 1. The number of H-pyrrole nitrogens is 1. The Labute approximate surface area is 202 Å². The van der Waals surface area contributed by atoms with Crippen molar-refractivity contribution in [1.29, 1.82) is 5.26 Å². The van der Waals surface area contributed by atoms with Crippen molar-refractivity contribution < 1.29 is 23.5 Å². The monoisotopic (exact) mass is 484 g/mol. The lowest BCUT2D eigenvalue weighted by molar-refractivity contribution is 0.0475. The highest BCUT2D eigenvalue weighted by molar-refractivity contribution is 5.96. The highest BCUT2D eigenvalue weighted by Crippen LogP contribution is 2.47. The Morgan fingerprint density at radius 3 is 2.69 bits per heavy atom. The molecule has 9 nitrogen and oxygen atoms in total. The molecule has 1 atom stereocenters. The predicted molar refractivity (Wildman–Crippen MR) is 127 cm³/mol. The molecule has 4 rings (SSSR count). The standard InChI is InChI=1S/C25H29FN4O5/c1-5-34-22(32)17-12-28-19-15(21(17)31)10-18(26)20(16(19)11-27)30-9-6-14(13-30)25(7-8-25)29-23(33)35-24(2,3)4/h10,12,14H,5-9,13H2,1-4H3,(H,28,31)(H,29,33)/t14-/m1/s1. The molecule has 1 aromatic carbocycles. The fourth-order valence-electron chi connectivity index (χ4n) is 4.79. The van der Waals surface area contributed by atoms with Crippen molar-refractivity contribution in [1.82, 2.24) is 10.3 Å². The summed E-state index contributed by atoms with van der Waals surface area (Å²) in [7, 11) is 0. The molecular formula is C25H29FN4O5. The number of rotatable bonds is 5. The van der Waals surface area contributed by atoms with Crippen LogP contribution in [0.2, 0.25) is 0 Å². The van der Waals surface area contributed by atoms with Crippen molar-refractivity contribution in [2.75, 3.05) is 24.6 Å². The number of fused-ring (bicyclic) bond motifs is 1. The van der Waals surface area contributed by atoms with E-state index in [1.54, 1.807) is 32.6 Å². The van der Waals surface area contributed by atoms with Crippen molar-refractivity contribution in [3.8, 4) is 6.07 Å². The third-order valence-electron chi connectivity index (χ3n) is 6.54. The molecule has 1 aliphatic carbocycles. The molecule has 2 fully saturated rings. The molecule has 1 aliphatic heterocycles. The summed E-state index contributed by atoms with van der Waals surface area (Å²) in [6.45, 7) is 8.04. The second kappa shape index (κ2) is 8.87. The average Bonchev–Trinajstić information content (AvgIpc) is 3.36. The minimum atomic E-state index is -0.812. The van der Waals surface area contributed by atoms with E-state index in [9.17, 15) is 19.6 Å². The largest absolute Gasteiger partial charge is 0.462 e. The molecule has 0 spiro atoms. The first-order valence-electron chi connectivity index (χ1n) is 11.7. The Morgan fingerprint density at radius 2 is 2.09 bits per heavy atom. The van der Waals surface area contributed by atoms with Crippen molar-refractivity contribution in [3.63, 3.8) is 0 Å². The minimum absolute atomic E-state index is 0.00175. The van der Waals surface area contributed by atoms with Crippen molar-refractivity contribution in [3.05, 3.63) is 39.4 Å². The van der Waals surface area contributed by atoms with Gasteiger partial charge in [0.1, 0.15) is 28.6 Å². The maximum Gasteiger partial charge on any atom is 0.408 e. The van der Waals surface area contributed by atoms with Gasteiger partial charge in [0, 0.05) is 30.7 Å². The predicted octanol–water partition coefficient (Wildman–Crippen LogP) is 3.60. The van der Waals surface area contributed by atoms with Gasteiger partial charge in [-0.2, -0.15) is 5.26 Å². The molecule has 2 aromatic rings. The number of nitrogens with zero attached hydrogens (tertiary/aromatic N) is 2. The molecule has 2 aliphatic rings. The number of ether oxygens (including phenoxy) is 2. The maximum atomic E-state index is 15.4. The second-order valence-corrected chi connectivity index (χ2v) is 10.1. The van der Waals surface area contributed by atoms with Gasteiger partial charge in [-0.1, -0.05) is 0 Å². The summed E-state index contributed by atoms with van der Waals surface area (Å²) in [5.41, 5.74) is -1.69. The normalized spacial score (nSPS) is 18.7. The van der Waals surface area contributed by atoms with Gasteiger partial charge >= 0.3 is 12.1 Å². The SMILES string of the molecule is CCOC(=O)c1c[nH]c2c(C#N)c(N3CC[C@@H](C4(NC(=O)OC(C)(C)C)CC4)C3)c(F)cc2c1=O. The molecule has 10 heteroatoms. The Kier molecular flexibility index (Phi) is 6.21. The van der Waals surface area contributed by atoms with E-state index in [1.807, 2.05) is 6.07 Å². The number of alkyl carbamates (subject to hydrolysis) is 1. The van der Waals surface area contributed by atoms with Crippen molar-refractivity contribution in [2.24, 2.45) is 5.92 Å². The van der Waals surface area contributed by atoms with E-state index in [2.05, 4.69) is 10.3 Å². The molecule has 186 valence electrons. The highest BCUT2D eigenvalue weighted by atomic mass is 19.1. The maximum absolute atomic E-state index is 15.4. The number of hydrogen-bond acceptors (Lipinski definition) is 7. The number of carbonyl (C=O) groups excluding carboxylic acids is 2. The van der Waals surface area contributed by atoms with Crippen LogP contribution in [0, 0.1) is 23.1 Å². The van der Waals surface area contributed by atoms with E-state index in [-0.39, 0.29) is 40.2 Å². The van der Waals surface area contributed by atoms with Crippen LogP contribution < -0.4 is 15.6 Å². The summed E-state index contributed by atoms with van der Waals surface area (Å²) in [5.74, 6) is -1.47. The third kappa shape index (κ3) is 4.67. The number of aromatic amines is 1. The van der Waals surface area contributed by atoms with Gasteiger partial charge in [-0.15, -0.1) is 0 Å². The van der Waals surface area contributed by atoms with E-state index >= 15 is 4.39 Å². The summed E-state index contributed by atoms with van der Waals surface area (Å²) < 4.78 is 25.7. The van der Waals surface area contributed by atoms with Gasteiger partial charge in [-0.3, -0.25) is 4.79 Å². The van der Waals surface area contributed by atoms with Crippen LogP contribution in [0.15, 0.2) is 17.1 Å². The molecule has 2 heterocycles. The van der Waals surface area contributed by atoms with Gasteiger partial charge < -0.3 is 24.7 Å². The van der Waals surface area contributed by atoms with E-state index in [0.717, 1.165) is 18.9 Å². The van der Waals surface area contributed by atoms with Crippen LogP contribution in [0.3, 0.4) is 0 Å². The van der Waals surface area contributed by atoms with Crippen LogP contribution in [0.1, 0.15) is 62.9 Å². The fourth-order valence-corrected chi connectivity index (χ4v) is 4.79. The lowest BCUT2D eigenvalue weighted by atomic mass is 9.96. The van der Waals surface area contributed by atoms with Crippen LogP contribution in [-0.4, -0.2) is 47.9 Å². The highest BCUT2D eigenvalue weighted by Gasteiger charge is 2.53. The smallest absolute Gasteiger partial charge is 0.408 e. The Hall–Kier alpha value is -3.61. The molecule has 0 unspecified atom stereocenters. The van der Waals surface area contributed by atoms with E-state index in [0.29, 0.717) is 19.5 Å². The average molecular weight is 485 g/mol. The summed E-state index contributed by atoms with van der Waals surface area (Å²) in [4.78, 5) is 41.9. The Balaban J connectivity index is 1.62. The zero-order chi connectivity index (χ0) is 25.5. The fraction of sp³-hybridized carbons (Fsp3) is 0.520. The van der Waals surface area contributed by atoms with Gasteiger partial charge in [0.05, 0.1) is 23.2 Å². The third-order valence-corrected chi connectivity index (χ3v) is 6.54. The summed E-state index contributed by atoms with van der Waals surface area (Å²) in [6, 6.07) is 3.09. The molecule has 0 radical (unpaired) electrons. The van der Waals surface area contributed by atoms with Crippen LogP contribution in [0.5, 0.6) is 0 Å². The summed E-state index contributed by atoms with van der Waals surface area (Å²) in [6.07, 6.45) is 3.04. The minimum Gasteiger partial charge on any atom is -0.462 e. The van der Waals surface area contributed by atoms with Gasteiger partial charge in [0.25, 0.3) is 0 Å². The first kappa shape index (κ1) is 24.5. The molecule has 1 saturated heterocycles. The number of aromatic nitrogens is 1. The number of esters is 1. The zero-order valence-corrected chi connectivity index (χ0v) is 20.3. The quantitative estimate of drug-likeness (QED) is 0.621. The lowest BCUT2D eigenvalue weighted by Gasteiger charge is -2.28. The molecule has 35 heavy (non-hydrogen) atoms. The Bertz CT molecular complexity index is 1290. The molecule has 1 amide bonds. The lowest BCUT2D eigenvalue weighted by Crippen LogP contribution is -2.45. The molecule has 1 saturated carbocycles. The number of halogens is 1. The van der Waals surface area contributed by atoms with Gasteiger partial charge in [-0.05, 0) is 53.0 Å². The molecular weight excluding hydrogens is 455 g/mol. The summed E-state index contributed by atoms with van der Waals surface area (Å²) in [5, 5.41) is 12.8. The van der Waals surface area contributed by atoms with Crippen molar-refractivity contribution >= 4 is 28.7 Å². The Morgan fingerprint density at radius 1 is 1.37 bits per heavy atom. The van der Waals surface area contributed by atoms with Crippen LogP contribution in [0.4, 0.5) is 14.9 Å². The number of carbonyl (C=O) groups is 2. The molecule has 0 bridgehead atoms. The van der Waals surface area contributed by atoms with E-state index in [1.165, 1.54) is 6.20 Å². The number of benzene rings is 1. The first-order valence-corrected chi connectivity index (χ1v) is 11.7. The van der Waals surface area contributed by atoms with Crippen LogP contribution in [-0.2, 0) is 9.47 Å². The van der Waals surface area contributed by atoms with E-state index < -0.39 is 34.4 Å². The number of anilines is 1. The number of amides is 1. The summed E-state index contributed by atoms with van der Waals surface area (Å²) >= 11 is 0. The zero-order valence-electron chi connectivity index (χ0n) is 20.3. The van der Waals surface area contributed by atoms with Gasteiger partial charge in [0.2, 0.25) is 5.43 Å². The van der Waals surface area contributed by atoms with Crippen LogP contribution in [0.25, 0.3) is 10.9 Å². The molecule has 1 aromatic heterocycles. The topological polar surface area (TPSA) is 125 Å². The number of hydrogen-bond donors (Lipinski definition) is 2. The number of pyridine rings is 1.